The van der Waals surface area contributed by atoms with Crippen molar-refractivity contribution in [1.82, 2.24) is 10.2 Å². The van der Waals surface area contributed by atoms with Crippen LogP contribution >= 0.6 is 18.2 Å². The number of carbonyl (C=O) groups excluding carboxylic acids is 2. The van der Waals surface area contributed by atoms with Crippen LogP contribution in [0.5, 0.6) is 0 Å². The summed E-state index contributed by atoms with van der Waals surface area (Å²) < 4.78 is 10.5. The Hall–Kier alpha value is -0.400. The Morgan fingerprint density at radius 1 is 1.24 bits per heavy atom. The smallest absolute Gasteiger partial charge is 0.317 e. The van der Waals surface area contributed by atoms with Crippen LogP contribution < -0.4 is 5.32 Å². The first-order valence-corrected chi connectivity index (χ1v) is 8.34. The van der Waals surface area contributed by atoms with Gasteiger partial charge < -0.3 is 15.1 Å². The monoisotopic (exact) mass is 282 g/mol. The zero-order chi connectivity index (χ0) is 12.9. The number of hydrogen-bond donors (Lipinski definition) is 3. The van der Waals surface area contributed by atoms with Crippen molar-refractivity contribution in [3.8, 4) is 0 Å². The zero-order valence-corrected chi connectivity index (χ0v) is 10.9. The van der Waals surface area contributed by atoms with Gasteiger partial charge in [0.05, 0.1) is 0 Å². The van der Waals surface area contributed by atoms with E-state index in [2.05, 4.69) is 5.32 Å². The van der Waals surface area contributed by atoms with E-state index in [9.17, 15) is 14.2 Å². The van der Waals surface area contributed by atoms with E-state index in [0.29, 0.717) is 31.0 Å². The molecule has 0 aliphatic carbocycles. The summed E-state index contributed by atoms with van der Waals surface area (Å²) in [5, 5.41) is 2.92. The third kappa shape index (κ3) is 5.65. The third-order valence-corrected chi connectivity index (χ3v) is 4.49. The fraction of sp³-hybridized carbons (Fsp3) is 0.750. The molecule has 1 rings (SSSR count). The Morgan fingerprint density at radius 2 is 1.82 bits per heavy atom. The maximum Gasteiger partial charge on any atom is 0.384 e. The fourth-order valence-corrected chi connectivity index (χ4v) is 2.89. The normalized spacial score (nSPS) is 16.9. The number of imide groups is 1. The van der Waals surface area contributed by atoms with Crippen molar-refractivity contribution in [2.45, 2.75) is 12.8 Å². The molecule has 0 aromatic heterocycles. The molecule has 1 heterocycles. The molecular weight excluding hydrogens is 267 g/mol. The summed E-state index contributed by atoms with van der Waals surface area (Å²) in [6.45, 7) is -2.81. The Balaban J connectivity index is 2.07. The molecule has 98 valence electrons. The Bertz CT molecular complexity index is 329. The average molecular weight is 282 g/mol. The van der Waals surface area contributed by atoms with Crippen molar-refractivity contribution in [1.29, 1.82) is 0 Å². The minimum absolute atomic E-state index is 0.151. The highest BCUT2D eigenvalue weighted by Crippen LogP contribution is 2.49. The number of hydrogen-bond acceptors (Lipinski definition) is 5. The number of amides is 2. The van der Waals surface area contributed by atoms with Gasteiger partial charge in [0.15, 0.2) is 0 Å². The number of nitrogens with one attached hydrogen (secondary N) is 1. The quantitative estimate of drug-likeness (QED) is 0.330. The van der Waals surface area contributed by atoms with E-state index < -0.39 is 6.80 Å². The highest BCUT2D eigenvalue weighted by molar-refractivity contribution is 8.54. The van der Waals surface area contributed by atoms with Gasteiger partial charge in [-0.1, -0.05) is 0 Å². The summed E-state index contributed by atoms with van der Waals surface area (Å²) in [7, 11) is 0. The molecule has 0 unspecified atom stereocenters. The van der Waals surface area contributed by atoms with E-state index in [1.165, 1.54) is 4.90 Å². The maximum atomic E-state index is 11.2. The Kier molecular flexibility index (Phi) is 5.61. The van der Waals surface area contributed by atoms with Crippen molar-refractivity contribution in [3.05, 3.63) is 0 Å². The molecule has 1 saturated heterocycles. The number of rotatable bonds is 7. The van der Waals surface area contributed by atoms with E-state index in [0.717, 1.165) is 0 Å². The highest BCUT2D eigenvalue weighted by atomic mass is 32.7. The largest absolute Gasteiger partial charge is 0.384 e. The summed E-state index contributed by atoms with van der Waals surface area (Å²) in [4.78, 5) is 40.8. The van der Waals surface area contributed by atoms with Gasteiger partial charge in [-0.05, 0) is 11.4 Å². The summed E-state index contributed by atoms with van der Waals surface area (Å²) in [5.41, 5.74) is 0. The van der Waals surface area contributed by atoms with Gasteiger partial charge in [-0.2, -0.15) is 0 Å². The van der Waals surface area contributed by atoms with E-state index in [-0.39, 0.29) is 30.4 Å². The second kappa shape index (κ2) is 6.51. The van der Waals surface area contributed by atoms with Crippen LogP contribution in [0, 0.1) is 0 Å². The minimum atomic E-state index is -4.00. The van der Waals surface area contributed by atoms with Gasteiger partial charge >= 0.3 is 6.80 Å². The molecule has 0 radical (unpaired) electrons. The van der Waals surface area contributed by atoms with Gasteiger partial charge in [0.1, 0.15) is 0 Å². The summed E-state index contributed by atoms with van der Waals surface area (Å²) >= 11 is 0.574. The lowest BCUT2D eigenvalue weighted by molar-refractivity contribution is -0.138. The fourth-order valence-electron chi connectivity index (χ4n) is 1.42. The van der Waals surface area contributed by atoms with Crippen LogP contribution in [0.2, 0.25) is 0 Å². The molecule has 1 aliphatic heterocycles. The van der Waals surface area contributed by atoms with Crippen LogP contribution in [0.3, 0.4) is 0 Å². The Labute approximate surface area is 103 Å². The second-order valence-corrected chi connectivity index (χ2v) is 7.36. The molecule has 0 atom stereocenters. The highest BCUT2D eigenvalue weighted by Gasteiger charge is 2.27. The molecule has 0 spiro atoms. The van der Waals surface area contributed by atoms with Gasteiger partial charge in [0, 0.05) is 38.2 Å². The topological polar surface area (TPSA) is 107 Å². The van der Waals surface area contributed by atoms with E-state index in [4.69, 9.17) is 9.79 Å². The summed E-state index contributed by atoms with van der Waals surface area (Å²) in [6.07, 6.45) is 0.569. The van der Waals surface area contributed by atoms with Crippen molar-refractivity contribution in [2.24, 2.45) is 0 Å². The lowest BCUT2D eigenvalue weighted by Gasteiger charge is -2.13. The van der Waals surface area contributed by atoms with Crippen molar-refractivity contribution >= 4 is 30.0 Å². The van der Waals surface area contributed by atoms with Crippen LogP contribution in [0.1, 0.15) is 12.8 Å². The molecule has 1 aliphatic rings. The van der Waals surface area contributed by atoms with Gasteiger partial charge in [-0.3, -0.25) is 14.5 Å². The van der Waals surface area contributed by atoms with E-state index >= 15 is 0 Å². The van der Waals surface area contributed by atoms with Crippen LogP contribution in [0.4, 0.5) is 0 Å². The summed E-state index contributed by atoms with van der Waals surface area (Å²) in [6, 6.07) is 0. The number of nitrogens with zero attached hydrogens (tertiary/aromatic N) is 1. The van der Waals surface area contributed by atoms with Crippen LogP contribution in [0.15, 0.2) is 0 Å². The van der Waals surface area contributed by atoms with Gasteiger partial charge in [-0.25, -0.2) is 4.57 Å². The van der Waals surface area contributed by atoms with Crippen LogP contribution in [0.25, 0.3) is 0 Å². The van der Waals surface area contributed by atoms with Crippen LogP contribution in [-0.4, -0.2) is 51.9 Å². The Morgan fingerprint density at radius 3 is 2.35 bits per heavy atom. The molecule has 2 amide bonds. The SMILES string of the molecule is O=C1CCC(=O)N1CCNCCSP(=O)(O)O. The lowest BCUT2D eigenvalue weighted by Crippen LogP contribution is -2.36. The first-order valence-electron chi connectivity index (χ1n) is 5.14. The molecular formula is C8H15N2O5PS. The van der Waals surface area contributed by atoms with Crippen molar-refractivity contribution < 1.29 is 23.9 Å². The number of carbonyl (C=O) groups is 2. The van der Waals surface area contributed by atoms with E-state index in [1.54, 1.807) is 0 Å². The second-order valence-electron chi connectivity index (χ2n) is 3.51. The zero-order valence-electron chi connectivity index (χ0n) is 9.16. The molecule has 9 heteroatoms. The van der Waals surface area contributed by atoms with Crippen molar-refractivity contribution in [2.75, 3.05) is 25.4 Å². The third-order valence-electron chi connectivity index (χ3n) is 2.21. The predicted molar refractivity (Wildman–Crippen MR) is 63.3 cm³/mol. The molecule has 17 heavy (non-hydrogen) atoms. The van der Waals surface area contributed by atoms with Gasteiger partial charge in [0.2, 0.25) is 11.8 Å². The average Bonchev–Trinajstić information content (AvgIpc) is 2.52. The minimum Gasteiger partial charge on any atom is -0.317 e. The molecule has 3 N–H and O–H groups in total. The predicted octanol–water partition coefficient (Wildman–Crippen LogP) is -0.449. The maximum absolute atomic E-state index is 11.2. The number of likely N-dealkylation sites (tertiary alicyclic amines) is 1. The van der Waals surface area contributed by atoms with Gasteiger partial charge in [-0.15, -0.1) is 0 Å². The first kappa shape index (κ1) is 14.7. The molecule has 0 saturated carbocycles. The van der Waals surface area contributed by atoms with Crippen molar-refractivity contribution in [3.63, 3.8) is 0 Å². The molecule has 0 bridgehead atoms. The first-order chi connectivity index (χ1) is 7.90. The van der Waals surface area contributed by atoms with E-state index in [1.807, 2.05) is 0 Å². The summed E-state index contributed by atoms with van der Waals surface area (Å²) in [5.74, 6) is -0.0191. The van der Waals surface area contributed by atoms with Gasteiger partial charge in [0.25, 0.3) is 0 Å². The molecule has 1 fully saturated rings. The van der Waals surface area contributed by atoms with Crippen LogP contribution in [-0.2, 0) is 14.2 Å². The standard InChI is InChI=1S/C8H15N2O5PS/c11-7-1-2-8(12)10(7)5-3-9-4-6-17-16(13,14)15/h9H,1-6H2,(H2,13,14,15). The lowest BCUT2D eigenvalue weighted by atomic mass is 10.4. The molecule has 7 nitrogen and oxygen atoms in total. The molecule has 0 aromatic carbocycles. The molecule has 0 aromatic rings.